The molecule has 0 aromatic carbocycles. The van der Waals surface area contributed by atoms with Crippen LogP contribution in [0.2, 0.25) is 0 Å². The van der Waals surface area contributed by atoms with Crippen molar-refractivity contribution in [3.8, 4) is 0 Å². The number of likely N-dealkylation sites (tertiary alicyclic amines) is 1. The molecule has 0 bridgehead atoms. The van der Waals surface area contributed by atoms with Crippen LogP contribution in [0.3, 0.4) is 0 Å². The van der Waals surface area contributed by atoms with Gasteiger partial charge in [0.05, 0.1) is 6.54 Å². The van der Waals surface area contributed by atoms with Crippen molar-refractivity contribution >= 4 is 5.96 Å². The van der Waals surface area contributed by atoms with Crippen molar-refractivity contribution in [3.05, 3.63) is 12.2 Å². The molecule has 7 heteroatoms. The fourth-order valence-electron chi connectivity index (χ4n) is 2.69. The highest BCUT2D eigenvalue weighted by Gasteiger charge is 2.34. The molecule has 110 valence electrons. The summed E-state index contributed by atoms with van der Waals surface area (Å²) in [6.07, 6.45) is 5.66. The average Bonchev–Trinajstić information content (AvgIpc) is 3.07. The molecule has 1 unspecified atom stereocenters. The summed E-state index contributed by atoms with van der Waals surface area (Å²) in [6.45, 7) is 2.98. The van der Waals surface area contributed by atoms with Crippen LogP contribution < -0.4 is 10.6 Å². The Morgan fingerprint density at radius 3 is 2.95 bits per heavy atom. The molecule has 1 atom stereocenters. The molecule has 1 aliphatic carbocycles. The van der Waals surface area contributed by atoms with Crippen LogP contribution in [-0.4, -0.2) is 57.8 Å². The molecule has 0 spiro atoms. The summed E-state index contributed by atoms with van der Waals surface area (Å²) in [4.78, 5) is 6.88. The Bertz CT molecular complexity index is 477. The Labute approximate surface area is 119 Å². The quantitative estimate of drug-likeness (QED) is 0.585. The van der Waals surface area contributed by atoms with Gasteiger partial charge in [-0.2, -0.15) is 0 Å². The van der Waals surface area contributed by atoms with Gasteiger partial charge in [-0.15, -0.1) is 10.2 Å². The molecule has 0 amide bonds. The highest BCUT2D eigenvalue weighted by Crippen LogP contribution is 2.29. The van der Waals surface area contributed by atoms with Crippen LogP contribution in [0.25, 0.3) is 0 Å². The van der Waals surface area contributed by atoms with Gasteiger partial charge in [0.1, 0.15) is 6.33 Å². The zero-order valence-corrected chi connectivity index (χ0v) is 12.2. The van der Waals surface area contributed by atoms with Crippen molar-refractivity contribution in [1.82, 2.24) is 30.3 Å². The third-order valence-electron chi connectivity index (χ3n) is 4.07. The van der Waals surface area contributed by atoms with E-state index in [2.05, 4.69) is 30.7 Å². The lowest BCUT2D eigenvalue weighted by Gasteiger charge is -2.18. The predicted molar refractivity (Wildman–Crippen MR) is 77.3 cm³/mol. The van der Waals surface area contributed by atoms with Gasteiger partial charge in [0.2, 0.25) is 0 Å². The lowest BCUT2D eigenvalue weighted by molar-refractivity contribution is 0.321. The van der Waals surface area contributed by atoms with Crippen molar-refractivity contribution in [3.63, 3.8) is 0 Å². The van der Waals surface area contributed by atoms with Crippen LogP contribution in [0.4, 0.5) is 0 Å². The van der Waals surface area contributed by atoms with Crippen molar-refractivity contribution in [2.45, 2.75) is 37.9 Å². The molecule has 1 aromatic heterocycles. The van der Waals surface area contributed by atoms with E-state index in [-0.39, 0.29) is 0 Å². The second-order valence-electron chi connectivity index (χ2n) is 5.64. The first kappa shape index (κ1) is 13.4. The summed E-state index contributed by atoms with van der Waals surface area (Å²) in [5, 5.41) is 14.7. The van der Waals surface area contributed by atoms with Gasteiger partial charge in [-0.05, 0) is 19.3 Å². The van der Waals surface area contributed by atoms with Gasteiger partial charge in [-0.3, -0.25) is 9.89 Å². The van der Waals surface area contributed by atoms with Crippen LogP contribution in [-0.2, 0) is 13.6 Å². The summed E-state index contributed by atoms with van der Waals surface area (Å²) < 4.78 is 1.91. The van der Waals surface area contributed by atoms with E-state index in [1.807, 2.05) is 11.6 Å². The van der Waals surface area contributed by atoms with Crippen molar-refractivity contribution in [1.29, 1.82) is 0 Å². The summed E-state index contributed by atoms with van der Waals surface area (Å²) in [5.74, 6) is 1.75. The summed E-state index contributed by atoms with van der Waals surface area (Å²) >= 11 is 0. The van der Waals surface area contributed by atoms with E-state index in [0.717, 1.165) is 24.4 Å². The molecule has 2 fully saturated rings. The largest absolute Gasteiger partial charge is 0.352 e. The van der Waals surface area contributed by atoms with Gasteiger partial charge in [0.25, 0.3) is 0 Å². The first-order valence-electron chi connectivity index (χ1n) is 7.30. The molecule has 1 aliphatic heterocycles. The Kier molecular flexibility index (Phi) is 3.86. The minimum absolute atomic E-state index is 0.501. The van der Waals surface area contributed by atoms with Crippen LogP contribution in [0.5, 0.6) is 0 Å². The summed E-state index contributed by atoms with van der Waals surface area (Å²) in [7, 11) is 3.75. The Morgan fingerprint density at radius 2 is 2.30 bits per heavy atom. The fourth-order valence-corrected chi connectivity index (χ4v) is 2.69. The summed E-state index contributed by atoms with van der Waals surface area (Å²) in [5.41, 5.74) is 0. The topological polar surface area (TPSA) is 70.4 Å². The molecule has 7 nitrogen and oxygen atoms in total. The van der Waals surface area contributed by atoms with E-state index in [1.54, 1.807) is 13.4 Å². The third kappa shape index (κ3) is 3.09. The van der Waals surface area contributed by atoms with Gasteiger partial charge < -0.3 is 15.2 Å². The Morgan fingerprint density at radius 1 is 1.45 bits per heavy atom. The minimum Gasteiger partial charge on any atom is -0.352 e. The van der Waals surface area contributed by atoms with Crippen LogP contribution in [0, 0.1) is 0 Å². The molecule has 0 radical (unpaired) electrons. The van der Waals surface area contributed by atoms with E-state index in [4.69, 9.17) is 0 Å². The molecule has 2 N–H and O–H groups in total. The second-order valence-corrected chi connectivity index (χ2v) is 5.64. The lowest BCUT2D eigenvalue weighted by Crippen LogP contribution is -2.44. The normalized spacial score (nSPS) is 24.1. The number of aryl methyl sites for hydroxylation is 1. The van der Waals surface area contributed by atoms with E-state index < -0.39 is 0 Å². The number of aromatic nitrogens is 3. The second kappa shape index (κ2) is 5.78. The standard InChI is InChI=1S/C13H23N7/c1-14-13(15-7-12-18-16-9-19(12)2)17-10-5-6-20(8-10)11-3-4-11/h9-11H,3-8H2,1-2H3,(H2,14,15,17). The Hall–Kier alpha value is -1.63. The molecular weight excluding hydrogens is 254 g/mol. The molecule has 1 aromatic rings. The zero-order valence-electron chi connectivity index (χ0n) is 12.2. The van der Waals surface area contributed by atoms with E-state index in [9.17, 15) is 0 Å². The monoisotopic (exact) mass is 277 g/mol. The highest BCUT2D eigenvalue weighted by molar-refractivity contribution is 5.79. The van der Waals surface area contributed by atoms with Crippen LogP contribution in [0.15, 0.2) is 11.3 Å². The number of aliphatic imine (C=N–C) groups is 1. The third-order valence-corrected chi connectivity index (χ3v) is 4.07. The smallest absolute Gasteiger partial charge is 0.191 e. The van der Waals surface area contributed by atoms with Gasteiger partial charge in [-0.1, -0.05) is 0 Å². The number of guanidine groups is 1. The van der Waals surface area contributed by atoms with Gasteiger partial charge in [-0.25, -0.2) is 0 Å². The number of rotatable bonds is 4. The maximum atomic E-state index is 4.28. The lowest BCUT2D eigenvalue weighted by atomic mass is 10.3. The molecule has 1 saturated carbocycles. The molecule has 3 rings (SSSR count). The van der Waals surface area contributed by atoms with Crippen molar-refractivity contribution < 1.29 is 0 Å². The molecule has 20 heavy (non-hydrogen) atoms. The van der Waals surface area contributed by atoms with E-state index >= 15 is 0 Å². The van der Waals surface area contributed by atoms with Crippen molar-refractivity contribution in [2.75, 3.05) is 20.1 Å². The summed E-state index contributed by atoms with van der Waals surface area (Å²) in [6, 6.07) is 1.36. The molecule has 1 saturated heterocycles. The van der Waals surface area contributed by atoms with E-state index in [1.165, 1.54) is 25.8 Å². The SMILES string of the molecule is CN=C(NCc1nncn1C)NC1CCN(C2CC2)C1. The van der Waals surface area contributed by atoms with Crippen LogP contribution >= 0.6 is 0 Å². The minimum atomic E-state index is 0.501. The average molecular weight is 277 g/mol. The van der Waals surface area contributed by atoms with Gasteiger partial charge in [0, 0.05) is 39.3 Å². The molecular formula is C13H23N7. The van der Waals surface area contributed by atoms with Gasteiger partial charge in [0.15, 0.2) is 11.8 Å². The predicted octanol–water partition coefficient (Wildman–Crippen LogP) is -0.283. The number of hydrogen-bond acceptors (Lipinski definition) is 4. The fraction of sp³-hybridized carbons (Fsp3) is 0.769. The maximum absolute atomic E-state index is 4.28. The number of nitrogens with zero attached hydrogens (tertiary/aromatic N) is 5. The first-order valence-corrected chi connectivity index (χ1v) is 7.30. The Balaban J connectivity index is 1.46. The first-order chi connectivity index (χ1) is 9.76. The maximum Gasteiger partial charge on any atom is 0.191 e. The van der Waals surface area contributed by atoms with Crippen molar-refractivity contribution in [2.24, 2.45) is 12.0 Å². The number of hydrogen-bond donors (Lipinski definition) is 2. The van der Waals surface area contributed by atoms with Gasteiger partial charge >= 0.3 is 0 Å². The highest BCUT2D eigenvalue weighted by atomic mass is 15.3. The molecule has 2 heterocycles. The zero-order chi connectivity index (χ0) is 13.9. The van der Waals surface area contributed by atoms with E-state index in [0.29, 0.717) is 12.6 Å². The van der Waals surface area contributed by atoms with Crippen LogP contribution in [0.1, 0.15) is 25.1 Å². The molecule has 2 aliphatic rings. The number of nitrogens with one attached hydrogen (secondary N) is 2.